The highest BCUT2D eigenvalue weighted by atomic mass is 14.9. The molecular formula is C12H16N2. The molecule has 0 bridgehead atoms. The number of aromatic nitrogens is 1. The van der Waals surface area contributed by atoms with Crippen LogP contribution in [-0.2, 0) is 13.5 Å². The van der Waals surface area contributed by atoms with Gasteiger partial charge in [-0.2, -0.15) is 0 Å². The van der Waals surface area contributed by atoms with Crippen LogP contribution < -0.4 is 5.73 Å². The van der Waals surface area contributed by atoms with Crippen LogP contribution in [0.4, 0.5) is 0 Å². The van der Waals surface area contributed by atoms with Gasteiger partial charge in [-0.05, 0) is 43.0 Å². The SMILES string of the molecule is Cc1cc2ccc(CCN)cc2n1C. The van der Waals surface area contributed by atoms with E-state index in [1.165, 1.54) is 22.2 Å². The molecule has 1 aromatic carbocycles. The third-order valence-corrected chi connectivity index (χ3v) is 2.78. The molecule has 0 atom stereocenters. The molecule has 0 aliphatic heterocycles. The van der Waals surface area contributed by atoms with Crippen molar-refractivity contribution in [3.05, 3.63) is 35.5 Å². The number of benzene rings is 1. The Morgan fingerprint density at radius 3 is 2.79 bits per heavy atom. The Hall–Kier alpha value is -1.28. The van der Waals surface area contributed by atoms with E-state index < -0.39 is 0 Å². The molecule has 1 heterocycles. The van der Waals surface area contributed by atoms with E-state index >= 15 is 0 Å². The summed E-state index contributed by atoms with van der Waals surface area (Å²) in [6.45, 7) is 2.84. The minimum atomic E-state index is 0.717. The standard InChI is InChI=1S/C12H16N2/c1-9-7-11-4-3-10(5-6-13)8-12(11)14(9)2/h3-4,7-8H,5-6,13H2,1-2H3. The first kappa shape index (κ1) is 9.28. The molecule has 0 saturated heterocycles. The zero-order valence-electron chi connectivity index (χ0n) is 8.75. The number of fused-ring (bicyclic) bond motifs is 1. The highest BCUT2D eigenvalue weighted by molar-refractivity contribution is 5.81. The van der Waals surface area contributed by atoms with Crippen molar-refractivity contribution in [2.75, 3.05) is 6.54 Å². The highest BCUT2D eigenvalue weighted by Crippen LogP contribution is 2.19. The van der Waals surface area contributed by atoms with Crippen molar-refractivity contribution < 1.29 is 0 Å². The fourth-order valence-corrected chi connectivity index (χ4v) is 1.84. The summed E-state index contributed by atoms with van der Waals surface area (Å²) in [7, 11) is 2.10. The van der Waals surface area contributed by atoms with Crippen molar-refractivity contribution in [1.29, 1.82) is 0 Å². The lowest BCUT2D eigenvalue weighted by atomic mass is 10.1. The molecule has 0 radical (unpaired) electrons. The molecular weight excluding hydrogens is 172 g/mol. The third-order valence-electron chi connectivity index (χ3n) is 2.78. The van der Waals surface area contributed by atoms with Gasteiger partial charge in [0.25, 0.3) is 0 Å². The van der Waals surface area contributed by atoms with E-state index in [-0.39, 0.29) is 0 Å². The summed E-state index contributed by atoms with van der Waals surface area (Å²) in [5.74, 6) is 0. The number of hydrogen-bond acceptors (Lipinski definition) is 1. The van der Waals surface area contributed by atoms with Gasteiger partial charge in [-0.25, -0.2) is 0 Å². The van der Waals surface area contributed by atoms with Crippen molar-refractivity contribution in [2.45, 2.75) is 13.3 Å². The van der Waals surface area contributed by atoms with Gasteiger partial charge < -0.3 is 10.3 Å². The molecule has 0 aliphatic rings. The van der Waals surface area contributed by atoms with Gasteiger partial charge in [0.1, 0.15) is 0 Å². The average molecular weight is 188 g/mol. The Bertz CT molecular complexity index is 455. The van der Waals surface area contributed by atoms with Crippen LogP contribution in [0.1, 0.15) is 11.3 Å². The molecule has 2 nitrogen and oxygen atoms in total. The van der Waals surface area contributed by atoms with Crippen LogP contribution in [0.2, 0.25) is 0 Å². The van der Waals surface area contributed by atoms with Crippen molar-refractivity contribution >= 4 is 10.9 Å². The molecule has 0 spiro atoms. The Balaban J connectivity index is 2.58. The predicted molar refractivity (Wildman–Crippen MR) is 60.4 cm³/mol. The van der Waals surface area contributed by atoms with Gasteiger partial charge in [0.15, 0.2) is 0 Å². The fraction of sp³-hybridized carbons (Fsp3) is 0.333. The summed E-state index contributed by atoms with van der Waals surface area (Å²) < 4.78 is 2.22. The van der Waals surface area contributed by atoms with Gasteiger partial charge in [0.2, 0.25) is 0 Å². The van der Waals surface area contributed by atoms with Crippen LogP contribution in [0.3, 0.4) is 0 Å². The van der Waals surface area contributed by atoms with E-state index in [1.807, 2.05) is 0 Å². The van der Waals surface area contributed by atoms with Crippen molar-refractivity contribution in [3.63, 3.8) is 0 Å². The maximum Gasteiger partial charge on any atom is 0.0482 e. The molecule has 2 aromatic rings. The van der Waals surface area contributed by atoms with Crippen molar-refractivity contribution in [1.82, 2.24) is 4.57 Å². The van der Waals surface area contributed by atoms with E-state index in [4.69, 9.17) is 5.73 Å². The van der Waals surface area contributed by atoms with E-state index in [1.54, 1.807) is 0 Å². The number of rotatable bonds is 2. The number of nitrogens with two attached hydrogens (primary N) is 1. The fourth-order valence-electron chi connectivity index (χ4n) is 1.84. The first-order valence-electron chi connectivity index (χ1n) is 4.97. The normalized spacial score (nSPS) is 11.1. The van der Waals surface area contributed by atoms with Crippen LogP contribution in [0, 0.1) is 6.92 Å². The Morgan fingerprint density at radius 1 is 1.29 bits per heavy atom. The molecule has 0 unspecified atom stereocenters. The number of aryl methyl sites for hydroxylation is 2. The lowest BCUT2D eigenvalue weighted by molar-refractivity contribution is 0.913. The molecule has 0 fully saturated rings. The summed E-state index contributed by atoms with van der Waals surface area (Å²) >= 11 is 0. The summed E-state index contributed by atoms with van der Waals surface area (Å²) in [5, 5.41) is 1.31. The quantitative estimate of drug-likeness (QED) is 0.767. The third kappa shape index (κ3) is 1.42. The molecule has 74 valence electrons. The molecule has 2 rings (SSSR count). The minimum absolute atomic E-state index is 0.717. The first-order chi connectivity index (χ1) is 6.72. The second kappa shape index (κ2) is 3.46. The van der Waals surface area contributed by atoms with Gasteiger partial charge >= 0.3 is 0 Å². The van der Waals surface area contributed by atoms with Crippen LogP contribution >= 0.6 is 0 Å². The molecule has 2 N–H and O–H groups in total. The van der Waals surface area contributed by atoms with E-state index in [9.17, 15) is 0 Å². The van der Waals surface area contributed by atoms with E-state index in [0.29, 0.717) is 0 Å². The zero-order valence-corrected chi connectivity index (χ0v) is 8.75. The Labute approximate surface area is 84.3 Å². The van der Waals surface area contributed by atoms with Crippen LogP contribution in [0.15, 0.2) is 24.3 Å². The summed E-state index contributed by atoms with van der Waals surface area (Å²) in [5.41, 5.74) is 9.46. The van der Waals surface area contributed by atoms with E-state index in [2.05, 4.69) is 42.8 Å². The van der Waals surface area contributed by atoms with Crippen LogP contribution in [0.25, 0.3) is 10.9 Å². The maximum atomic E-state index is 5.54. The number of nitrogens with zero attached hydrogens (tertiary/aromatic N) is 1. The van der Waals surface area contributed by atoms with Crippen LogP contribution in [-0.4, -0.2) is 11.1 Å². The van der Waals surface area contributed by atoms with Crippen LogP contribution in [0.5, 0.6) is 0 Å². The second-order valence-electron chi connectivity index (χ2n) is 3.78. The van der Waals surface area contributed by atoms with Gasteiger partial charge in [0.05, 0.1) is 0 Å². The lowest BCUT2D eigenvalue weighted by Gasteiger charge is -2.02. The topological polar surface area (TPSA) is 30.9 Å². The van der Waals surface area contributed by atoms with Gasteiger partial charge in [0, 0.05) is 18.3 Å². The van der Waals surface area contributed by atoms with Crippen molar-refractivity contribution in [3.8, 4) is 0 Å². The first-order valence-corrected chi connectivity index (χ1v) is 4.97. The second-order valence-corrected chi connectivity index (χ2v) is 3.78. The molecule has 0 saturated carbocycles. The minimum Gasteiger partial charge on any atom is -0.348 e. The molecule has 0 amide bonds. The molecule has 2 heteroatoms. The predicted octanol–water partition coefficient (Wildman–Crippen LogP) is 1.99. The average Bonchev–Trinajstić information content (AvgIpc) is 2.45. The lowest BCUT2D eigenvalue weighted by Crippen LogP contribution is -2.02. The Morgan fingerprint density at radius 2 is 2.07 bits per heavy atom. The molecule has 14 heavy (non-hydrogen) atoms. The Kier molecular flexibility index (Phi) is 2.30. The highest BCUT2D eigenvalue weighted by Gasteiger charge is 2.02. The summed E-state index contributed by atoms with van der Waals surface area (Å²) in [4.78, 5) is 0. The van der Waals surface area contributed by atoms with E-state index in [0.717, 1.165) is 13.0 Å². The summed E-state index contributed by atoms with van der Waals surface area (Å²) in [6.07, 6.45) is 0.958. The van der Waals surface area contributed by atoms with Crippen molar-refractivity contribution in [2.24, 2.45) is 12.8 Å². The maximum absolute atomic E-state index is 5.54. The zero-order chi connectivity index (χ0) is 10.1. The van der Waals surface area contributed by atoms with Gasteiger partial charge in [-0.15, -0.1) is 0 Å². The van der Waals surface area contributed by atoms with Gasteiger partial charge in [-0.3, -0.25) is 0 Å². The molecule has 0 aliphatic carbocycles. The molecule has 1 aromatic heterocycles. The smallest absolute Gasteiger partial charge is 0.0482 e. The van der Waals surface area contributed by atoms with Gasteiger partial charge in [-0.1, -0.05) is 12.1 Å². The monoisotopic (exact) mass is 188 g/mol. The largest absolute Gasteiger partial charge is 0.348 e. The number of hydrogen-bond donors (Lipinski definition) is 1. The summed E-state index contributed by atoms with van der Waals surface area (Å²) in [6, 6.07) is 8.78.